The van der Waals surface area contributed by atoms with Crippen LogP contribution >= 0.6 is 0 Å². The van der Waals surface area contributed by atoms with Crippen LogP contribution in [0.4, 0.5) is 11.4 Å². The number of aryl methyl sites for hydroxylation is 2. The minimum Gasteiger partial charge on any atom is -0.376 e. The van der Waals surface area contributed by atoms with Crippen molar-refractivity contribution < 1.29 is 17.3 Å². The van der Waals surface area contributed by atoms with E-state index in [1.54, 1.807) is 0 Å². The zero-order valence-corrected chi connectivity index (χ0v) is 14.5. The highest BCUT2D eigenvalue weighted by atomic mass is 32.2. The zero-order chi connectivity index (χ0) is 16.8. The molecule has 0 aromatic heterocycles. The Hall–Kier alpha value is -1.73. The van der Waals surface area contributed by atoms with Crippen LogP contribution in [0, 0.1) is 0 Å². The molecule has 3 aliphatic rings. The summed E-state index contributed by atoms with van der Waals surface area (Å²) in [4.78, 5) is 2.31. The molecule has 6 heteroatoms. The number of rotatable bonds is 1. The molecule has 0 saturated carbocycles. The van der Waals surface area contributed by atoms with Gasteiger partial charge in [-0.1, -0.05) is 36.4 Å². The van der Waals surface area contributed by atoms with Crippen molar-refractivity contribution in [2.45, 2.75) is 31.1 Å². The topological polar surface area (TPSA) is 48.0 Å². The monoisotopic (exact) mass is 357 g/mol. The molecule has 0 spiro atoms. The molecule has 0 amide bonds. The molecule has 4 unspecified atom stereocenters. The molecular formula is C19H19NO4S. The Labute approximate surface area is 149 Å². The first-order valence-corrected chi connectivity index (χ1v) is 9.60. The van der Waals surface area contributed by atoms with Crippen LogP contribution < -0.4 is 4.90 Å². The molecule has 25 heavy (non-hydrogen) atoms. The molecule has 2 fully saturated rings. The molecule has 3 aliphatic heterocycles. The summed E-state index contributed by atoms with van der Waals surface area (Å²) in [5.41, 5.74) is 4.95. The number of nitrogens with zero attached hydrogens (tertiary/aromatic N) is 1. The van der Waals surface area contributed by atoms with E-state index in [4.69, 9.17) is 13.1 Å². The summed E-state index contributed by atoms with van der Waals surface area (Å²) < 4.78 is 28.6. The van der Waals surface area contributed by atoms with Gasteiger partial charge in [0.2, 0.25) is 0 Å². The second kappa shape index (κ2) is 6.21. The number of ether oxygens (including phenoxy) is 1. The van der Waals surface area contributed by atoms with Gasteiger partial charge in [0, 0.05) is 11.4 Å². The first-order chi connectivity index (χ1) is 12.3. The summed E-state index contributed by atoms with van der Waals surface area (Å²) in [6, 6.07) is 16.9. The Morgan fingerprint density at radius 2 is 1.52 bits per heavy atom. The third kappa shape index (κ3) is 2.60. The Morgan fingerprint density at radius 1 is 0.880 bits per heavy atom. The van der Waals surface area contributed by atoms with Crippen molar-refractivity contribution in [3.8, 4) is 0 Å². The number of benzene rings is 2. The summed E-state index contributed by atoms with van der Waals surface area (Å²) in [5.74, 6) is 0. The highest BCUT2D eigenvalue weighted by Gasteiger charge is 2.47. The largest absolute Gasteiger partial charge is 0.376 e. The van der Waals surface area contributed by atoms with E-state index < -0.39 is 11.4 Å². The Bertz CT molecular complexity index is 779. The van der Waals surface area contributed by atoms with Crippen LogP contribution in [-0.4, -0.2) is 35.7 Å². The number of hydrogen-bond donors (Lipinski definition) is 0. The lowest BCUT2D eigenvalue weighted by molar-refractivity contribution is -0.0327. The third-order valence-corrected chi connectivity index (χ3v) is 5.99. The first-order valence-electron chi connectivity index (χ1n) is 8.60. The molecule has 5 nitrogen and oxygen atoms in total. The fourth-order valence-electron chi connectivity index (χ4n) is 4.06. The molecule has 2 saturated heterocycles. The van der Waals surface area contributed by atoms with Crippen LogP contribution in [0.5, 0.6) is 0 Å². The predicted octanol–water partition coefficient (Wildman–Crippen LogP) is 2.68. The van der Waals surface area contributed by atoms with Gasteiger partial charge in [0.1, 0.15) is 12.2 Å². The van der Waals surface area contributed by atoms with Crippen molar-refractivity contribution in [3.05, 3.63) is 59.7 Å². The summed E-state index contributed by atoms with van der Waals surface area (Å²) in [6.45, 7) is 0.939. The standard InChI is InChI=1S/C19H19NO4S/c21-25-23-18-12-22-11-17(19(18)24-25)20-15-7-3-1-5-13(15)9-10-14-6-2-4-8-16(14)20/h1-8,17-19H,9-12H2. The third-order valence-electron chi connectivity index (χ3n) is 5.21. The van der Waals surface area contributed by atoms with Gasteiger partial charge in [-0.3, -0.25) is 8.37 Å². The van der Waals surface area contributed by atoms with Crippen LogP contribution in [0.15, 0.2) is 48.5 Å². The van der Waals surface area contributed by atoms with E-state index in [1.165, 1.54) is 22.5 Å². The minimum atomic E-state index is -1.69. The van der Waals surface area contributed by atoms with Crippen molar-refractivity contribution in [1.82, 2.24) is 0 Å². The van der Waals surface area contributed by atoms with E-state index in [1.807, 2.05) is 0 Å². The molecule has 130 valence electrons. The van der Waals surface area contributed by atoms with Crippen molar-refractivity contribution in [2.24, 2.45) is 0 Å². The van der Waals surface area contributed by atoms with Crippen LogP contribution in [-0.2, 0) is 37.3 Å². The summed E-state index contributed by atoms with van der Waals surface area (Å²) in [6.07, 6.45) is 1.43. The molecule has 0 radical (unpaired) electrons. The van der Waals surface area contributed by atoms with Gasteiger partial charge in [-0.15, -0.1) is 0 Å². The lowest BCUT2D eigenvalue weighted by Gasteiger charge is -2.40. The number of para-hydroxylation sites is 2. The smallest absolute Gasteiger partial charge is 0.305 e. The number of anilines is 2. The first kappa shape index (κ1) is 15.5. The average molecular weight is 357 g/mol. The number of hydrogen-bond acceptors (Lipinski definition) is 5. The van der Waals surface area contributed by atoms with Gasteiger partial charge in [-0.05, 0) is 36.1 Å². The highest BCUT2D eigenvalue weighted by molar-refractivity contribution is 7.75. The maximum atomic E-state index is 11.8. The maximum absolute atomic E-state index is 11.8. The molecule has 0 bridgehead atoms. The average Bonchev–Trinajstić information content (AvgIpc) is 2.94. The number of fused-ring (bicyclic) bond motifs is 3. The molecule has 5 rings (SSSR count). The van der Waals surface area contributed by atoms with Crippen LogP contribution in [0.1, 0.15) is 11.1 Å². The van der Waals surface area contributed by atoms with Crippen LogP contribution in [0.3, 0.4) is 0 Å². The Kier molecular flexibility index (Phi) is 3.86. The Balaban J connectivity index is 1.65. The highest BCUT2D eigenvalue weighted by Crippen LogP contribution is 2.41. The second-order valence-electron chi connectivity index (χ2n) is 6.63. The van der Waals surface area contributed by atoms with Crippen molar-refractivity contribution in [3.63, 3.8) is 0 Å². The molecule has 2 aromatic carbocycles. The fourth-order valence-corrected chi connectivity index (χ4v) is 4.90. The molecule has 3 heterocycles. The lowest BCUT2D eigenvalue weighted by Crippen LogP contribution is -2.53. The second-order valence-corrected chi connectivity index (χ2v) is 7.43. The van der Waals surface area contributed by atoms with Crippen molar-refractivity contribution in [2.75, 3.05) is 18.1 Å². The minimum absolute atomic E-state index is 0.0781. The molecule has 0 N–H and O–H groups in total. The maximum Gasteiger partial charge on any atom is 0.305 e. The van der Waals surface area contributed by atoms with Gasteiger partial charge < -0.3 is 9.64 Å². The fraction of sp³-hybridized carbons (Fsp3) is 0.368. The van der Waals surface area contributed by atoms with Gasteiger partial charge in [0.25, 0.3) is 0 Å². The van der Waals surface area contributed by atoms with E-state index in [0.29, 0.717) is 13.2 Å². The SMILES string of the molecule is O=S1OC2COCC(N3c4ccccc4CCc4ccccc43)C2O1. The molecule has 4 atom stereocenters. The van der Waals surface area contributed by atoms with Gasteiger partial charge in [0.15, 0.2) is 0 Å². The van der Waals surface area contributed by atoms with E-state index in [0.717, 1.165) is 12.8 Å². The molecule has 0 aliphatic carbocycles. The lowest BCUT2D eigenvalue weighted by atomic mass is 9.99. The van der Waals surface area contributed by atoms with E-state index in [9.17, 15) is 4.21 Å². The van der Waals surface area contributed by atoms with Crippen LogP contribution in [0.2, 0.25) is 0 Å². The van der Waals surface area contributed by atoms with E-state index in [2.05, 4.69) is 53.4 Å². The Morgan fingerprint density at radius 3 is 2.20 bits per heavy atom. The van der Waals surface area contributed by atoms with Crippen molar-refractivity contribution >= 4 is 22.7 Å². The zero-order valence-electron chi connectivity index (χ0n) is 13.7. The van der Waals surface area contributed by atoms with Crippen LogP contribution in [0.25, 0.3) is 0 Å². The summed E-state index contributed by atoms with van der Waals surface area (Å²) >= 11 is -1.69. The summed E-state index contributed by atoms with van der Waals surface area (Å²) in [5, 5.41) is 0. The van der Waals surface area contributed by atoms with Crippen molar-refractivity contribution in [1.29, 1.82) is 0 Å². The summed E-state index contributed by atoms with van der Waals surface area (Å²) in [7, 11) is 0. The van der Waals surface area contributed by atoms with E-state index in [-0.39, 0.29) is 18.2 Å². The van der Waals surface area contributed by atoms with E-state index >= 15 is 0 Å². The normalized spacial score (nSPS) is 31.0. The van der Waals surface area contributed by atoms with Gasteiger partial charge in [0.05, 0.1) is 19.3 Å². The molecule has 2 aromatic rings. The molecular weight excluding hydrogens is 338 g/mol. The van der Waals surface area contributed by atoms with Gasteiger partial charge >= 0.3 is 11.4 Å². The van der Waals surface area contributed by atoms with Gasteiger partial charge in [-0.2, -0.15) is 4.21 Å². The van der Waals surface area contributed by atoms with Gasteiger partial charge in [-0.25, -0.2) is 0 Å². The predicted molar refractivity (Wildman–Crippen MR) is 94.9 cm³/mol. The quantitative estimate of drug-likeness (QED) is 0.785.